The van der Waals surface area contributed by atoms with Gasteiger partial charge in [0.1, 0.15) is 12.6 Å². The summed E-state index contributed by atoms with van der Waals surface area (Å²) in [6.45, 7) is 6.98. The molecule has 8 heteroatoms. The molecule has 1 aliphatic heterocycles. The molecule has 0 bridgehead atoms. The third kappa shape index (κ3) is 8.02. The van der Waals surface area contributed by atoms with E-state index in [4.69, 9.17) is 14.9 Å². The second-order valence-corrected chi connectivity index (χ2v) is 10.3. The fourth-order valence-electron chi connectivity index (χ4n) is 4.52. The van der Waals surface area contributed by atoms with Gasteiger partial charge in [-0.25, -0.2) is 9.59 Å². The highest BCUT2D eigenvalue weighted by molar-refractivity contribution is 6.23. The molecular formula is C31H39N3O5. The maximum Gasteiger partial charge on any atom is 0.407 e. The Morgan fingerprint density at radius 1 is 1.08 bits per heavy atom. The summed E-state index contributed by atoms with van der Waals surface area (Å²) in [6.07, 6.45) is 6.01. The van der Waals surface area contributed by atoms with E-state index >= 15 is 0 Å². The van der Waals surface area contributed by atoms with Gasteiger partial charge in [0, 0.05) is 17.7 Å². The smallest absolute Gasteiger partial charge is 0.407 e. The molecule has 1 saturated heterocycles. The molecule has 1 aliphatic carbocycles. The Morgan fingerprint density at radius 2 is 1.77 bits per heavy atom. The third-order valence-corrected chi connectivity index (χ3v) is 6.29. The number of hydrogen-bond donors (Lipinski definition) is 2. The minimum absolute atomic E-state index is 0.219. The van der Waals surface area contributed by atoms with Crippen LogP contribution in [-0.4, -0.2) is 61.4 Å². The van der Waals surface area contributed by atoms with Gasteiger partial charge in [-0.05, 0) is 54.4 Å². The van der Waals surface area contributed by atoms with Crippen molar-refractivity contribution in [2.45, 2.75) is 52.5 Å². The number of nitrogens with one attached hydrogen (secondary N) is 2. The van der Waals surface area contributed by atoms with Crippen molar-refractivity contribution in [1.82, 2.24) is 10.2 Å². The van der Waals surface area contributed by atoms with E-state index in [1.165, 1.54) is 12.0 Å². The molecule has 0 radical (unpaired) electrons. The number of likely N-dealkylation sites (tertiary alicyclic amines) is 1. The number of amides is 2. The van der Waals surface area contributed by atoms with Gasteiger partial charge in [0.25, 0.3) is 0 Å². The van der Waals surface area contributed by atoms with Crippen molar-refractivity contribution < 1.29 is 23.9 Å². The van der Waals surface area contributed by atoms with Crippen LogP contribution >= 0.6 is 0 Å². The topological polar surface area (TPSA) is 109 Å². The summed E-state index contributed by atoms with van der Waals surface area (Å²) in [6, 6.07) is 13.5. The molecule has 2 aromatic carbocycles. The molecule has 208 valence electrons. The van der Waals surface area contributed by atoms with Gasteiger partial charge < -0.3 is 19.7 Å². The first-order valence-electron chi connectivity index (χ1n) is 13.5. The van der Waals surface area contributed by atoms with E-state index in [1.54, 1.807) is 0 Å². The molecule has 2 amide bonds. The Kier molecular flexibility index (Phi) is 10.8. The second-order valence-electron chi connectivity index (χ2n) is 10.3. The number of carbonyl (C=O) groups is 3. The third-order valence-electron chi connectivity index (χ3n) is 6.29. The number of nitrogens with zero attached hydrogens (tertiary/aromatic N) is 1. The van der Waals surface area contributed by atoms with Gasteiger partial charge >= 0.3 is 12.1 Å². The van der Waals surface area contributed by atoms with Crippen LogP contribution in [0, 0.1) is 11.3 Å². The van der Waals surface area contributed by atoms with E-state index in [0.717, 1.165) is 46.6 Å². The minimum Gasteiger partial charge on any atom is -0.467 e. The standard InChI is InChI=1S/C27H29N3O5.C4H10/c1-34-26(32)23-11-7-14-30(23)24(31)17-29-27(33)35-15-6-2-3-8-18-12-13-20-19-9-4-5-10-21(19)25(28)22(20)16-18;1-4(2)3/h3-5,8-10,12-13,16,23,28H,2,6-7,11,14-15,17H2,1H3,(H,29,33);4H,1-3H3/b8-3+,28-25?;. The van der Waals surface area contributed by atoms with E-state index in [9.17, 15) is 14.4 Å². The molecule has 0 saturated carbocycles. The van der Waals surface area contributed by atoms with Crippen molar-refractivity contribution >= 4 is 29.8 Å². The first kappa shape index (κ1) is 29.6. The zero-order valence-electron chi connectivity index (χ0n) is 23.3. The van der Waals surface area contributed by atoms with Crippen LogP contribution in [0.5, 0.6) is 0 Å². The first-order valence-corrected chi connectivity index (χ1v) is 13.5. The summed E-state index contributed by atoms with van der Waals surface area (Å²) in [5, 5.41) is 10.9. The van der Waals surface area contributed by atoms with Crippen LogP contribution in [0.3, 0.4) is 0 Å². The molecule has 0 aromatic heterocycles. The molecule has 4 rings (SSSR count). The summed E-state index contributed by atoms with van der Waals surface area (Å²) < 4.78 is 9.87. The van der Waals surface area contributed by atoms with Crippen molar-refractivity contribution in [2.24, 2.45) is 5.92 Å². The van der Waals surface area contributed by atoms with Gasteiger partial charge in [-0.2, -0.15) is 0 Å². The fourth-order valence-corrected chi connectivity index (χ4v) is 4.52. The van der Waals surface area contributed by atoms with Gasteiger partial charge in [0.15, 0.2) is 0 Å². The lowest BCUT2D eigenvalue weighted by molar-refractivity contribution is -0.150. The molecule has 1 atom stereocenters. The average Bonchev–Trinajstić information content (AvgIpc) is 3.52. The zero-order valence-corrected chi connectivity index (χ0v) is 23.3. The predicted octanol–water partition coefficient (Wildman–Crippen LogP) is 5.43. The number of alkyl carbamates (subject to hydrolysis) is 1. The van der Waals surface area contributed by atoms with E-state index in [0.29, 0.717) is 25.1 Å². The number of allylic oxidation sites excluding steroid dienone is 1. The number of benzene rings is 2. The number of fused-ring (bicyclic) bond motifs is 3. The Hall–Kier alpha value is -3.94. The molecule has 2 aromatic rings. The first-order chi connectivity index (χ1) is 18.7. The quantitative estimate of drug-likeness (QED) is 0.297. The van der Waals surface area contributed by atoms with Crippen molar-refractivity contribution in [1.29, 1.82) is 5.41 Å². The largest absolute Gasteiger partial charge is 0.467 e. The van der Waals surface area contributed by atoms with E-state index in [1.807, 2.05) is 48.6 Å². The molecule has 2 aliphatic rings. The van der Waals surface area contributed by atoms with Crippen LogP contribution in [-0.2, 0) is 19.1 Å². The van der Waals surface area contributed by atoms with Gasteiger partial charge in [-0.1, -0.05) is 69.3 Å². The van der Waals surface area contributed by atoms with E-state index < -0.39 is 18.1 Å². The van der Waals surface area contributed by atoms with Crippen LogP contribution in [0.2, 0.25) is 0 Å². The SMILES string of the molecule is CC(C)C.COC(=O)C1CCCN1C(=O)CNC(=O)OCCC/C=C/c1ccc2c(c1)C(=N)c1ccccc1-2. The highest BCUT2D eigenvalue weighted by atomic mass is 16.5. The molecule has 1 heterocycles. The average molecular weight is 534 g/mol. The maximum absolute atomic E-state index is 12.3. The molecule has 8 nitrogen and oxygen atoms in total. The second kappa shape index (κ2) is 14.3. The van der Waals surface area contributed by atoms with Crippen LogP contribution in [0.15, 0.2) is 48.5 Å². The van der Waals surface area contributed by atoms with Crippen LogP contribution in [0.1, 0.15) is 63.1 Å². The Labute approximate surface area is 230 Å². The van der Waals surface area contributed by atoms with E-state index in [-0.39, 0.29) is 19.1 Å². The highest BCUT2D eigenvalue weighted by Gasteiger charge is 2.34. The van der Waals surface area contributed by atoms with Crippen LogP contribution in [0.4, 0.5) is 4.79 Å². The Balaban J connectivity index is 0.000000983. The number of hydrogen-bond acceptors (Lipinski definition) is 6. The summed E-state index contributed by atoms with van der Waals surface area (Å²) in [7, 11) is 1.30. The molecule has 39 heavy (non-hydrogen) atoms. The van der Waals surface area contributed by atoms with Gasteiger partial charge in [-0.15, -0.1) is 0 Å². The Morgan fingerprint density at radius 3 is 2.49 bits per heavy atom. The van der Waals surface area contributed by atoms with Crippen molar-refractivity contribution in [3.63, 3.8) is 0 Å². The molecular weight excluding hydrogens is 494 g/mol. The van der Waals surface area contributed by atoms with Gasteiger partial charge in [-0.3, -0.25) is 10.2 Å². The maximum atomic E-state index is 12.3. The van der Waals surface area contributed by atoms with Crippen LogP contribution in [0.25, 0.3) is 17.2 Å². The van der Waals surface area contributed by atoms with E-state index in [2.05, 4.69) is 32.2 Å². The normalized spacial score (nSPS) is 15.5. The van der Waals surface area contributed by atoms with Crippen molar-refractivity contribution in [2.75, 3.05) is 26.8 Å². The highest BCUT2D eigenvalue weighted by Crippen LogP contribution is 2.36. The molecule has 2 N–H and O–H groups in total. The van der Waals surface area contributed by atoms with Crippen molar-refractivity contribution in [3.8, 4) is 11.1 Å². The minimum atomic E-state index is -0.659. The lowest BCUT2D eigenvalue weighted by Gasteiger charge is -2.22. The lowest BCUT2D eigenvalue weighted by Crippen LogP contribution is -2.46. The van der Waals surface area contributed by atoms with Gasteiger partial charge in [0.2, 0.25) is 5.91 Å². The number of unbranched alkanes of at least 4 members (excludes halogenated alkanes) is 1. The van der Waals surface area contributed by atoms with Crippen LogP contribution < -0.4 is 5.32 Å². The summed E-state index contributed by atoms with van der Waals surface area (Å²) in [5.41, 5.74) is 5.66. The number of rotatable bonds is 8. The summed E-state index contributed by atoms with van der Waals surface area (Å²) in [5.74, 6) is 0.0676. The molecule has 1 fully saturated rings. The fraction of sp³-hybridized carbons (Fsp3) is 0.419. The monoisotopic (exact) mass is 533 g/mol. The predicted molar refractivity (Wildman–Crippen MR) is 153 cm³/mol. The Bertz CT molecular complexity index is 1220. The number of esters is 1. The number of carbonyl (C=O) groups excluding carboxylic acids is 3. The van der Waals surface area contributed by atoms with Crippen molar-refractivity contribution in [3.05, 3.63) is 65.2 Å². The number of ether oxygens (including phenoxy) is 2. The molecule has 0 spiro atoms. The zero-order chi connectivity index (χ0) is 28.4. The summed E-state index contributed by atoms with van der Waals surface area (Å²) in [4.78, 5) is 37.4. The summed E-state index contributed by atoms with van der Waals surface area (Å²) >= 11 is 0. The number of methoxy groups -OCH3 is 1. The molecule has 1 unspecified atom stereocenters. The van der Waals surface area contributed by atoms with Gasteiger partial charge in [0.05, 0.1) is 19.4 Å². The lowest BCUT2D eigenvalue weighted by atomic mass is 10.0.